The standard InChI is InChI=1S/C10H13NO5S/c1-2-6-5-7(6)11-17(14,15)9-4-3-8(16-9)10(12)13/h3-4,6-7,11H,2,5H2,1H3,(H,12,13). The van der Waals surface area contributed by atoms with Gasteiger partial charge in [-0.3, -0.25) is 0 Å². The summed E-state index contributed by atoms with van der Waals surface area (Å²) in [5.74, 6) is -1.30. The van der Waals surface area contributed by atoms with Gasteiger partial charge in [0.2, 0.25) is 10.9 Å². The van der Waals surface area contributed by atoms with Crippen molar-refractivity contribution in [3.8, 4) is 0 Å². The molecule has 0 saturated heterocycles. The summed E-state index contributed by atoms with van der Waals surface area (Å²) in [5.41, 5.74) is 0. The summed E-state index contributed by atoms with van der Waals surface area (Å²) in [6, 6.07) is 2.22. The first kappa shape index (κ1) is 12.1. The molecule has 2 unspecified atom stereocenters. The third-order valence-corrected chi connectivity index (χ3v) is 4.17. The molecule has 0 amide bonds. The Hall–Kier alpha value is -1.34. The van der Waals surface area contributed by atoms with Crippen LogP contribution in [-0.2, 0) is 10.0 Å². The van der Waals surface area contributed by atoms with Gasteiger partial charge in [0.15, 0.2) is 0 Å². The molecular formula is C10H13NO5S. The molecule has 6 nitrogen and oxygen atoms in total. The number of carboxylic acids is 1. The molecule has 2 atom stereocenters. The van der Waals surface area contributed by atoms with E-state index in [1.807, 2.05) is 6.92 Å². The van der Waals surface area contributed by atoms with Crippen molar-refractivity contribution in [1.29, 1.82) is 0 Å². The molecule has 1 fully saturated rings. The Morgan fingerprint density at radius 2 is 2.29 bits per heavy atom. The van der Waals surface area contributed by atoms with Crippen molar-refractivity contribution in [2.45, 2.75) is 30.9 Å². The van der Waals surface area contributed by atoms with E-state index in [2.05, 4.69) is 4.72 Å². The van der Waals surface area contributed by atoms with Crippen LogP contribution in [0.2, 0.25) is 0 Å². The molecule has 0 radical (unpaired) electrons. The van der Waals surface area contributed by atoms with E-state index < -0.39 is 16.0 Å². The van der Waals surface area contributed by atoms with E-state index in [9.17, 15) is 13.2 Å². The smallest absolute Gasteiger partial charge is 0.371 e. The average molecular weight is 259 g/mol. The lowest BCUT2D eigenvalue weighted by atomic mass is 10.3. The van der Waals surface area contributed by atoms with Crippen molar-refractivity contribution in [2.24, 2.45) is 5.92 Å². The second kappa shape index (κ2) is 4.15. The monoisotopic (exact) mass is 259 g/mol. The molecular weight excluding hydrogens is 246 g/mol. The van der Waals surface area contributed by atoms with E-state index >= 15 is 0 Å². The summed E-state index contributed by atoms with van der Waals surface area (Å²) in [5, 5.41) is 8.28. The van der Waals surface area contributed by atoms with E-state index in [1.165, 1.54) is 0 Å². The molecule has 1 heterocycles. The van der Waals surface area contributed by atoms with Crippen LogP contribution >= 0.6 is 0 Å². The van der Waals surface area contributed by atoms with Gasteiger partial charge in [-0.1, -0.05) is 13.3 Å². The van der Waals surface area contributed by atoms with Crippen molar-refractivity contribution in [3.05, 3.63) is 17.9 Å². The zero-order valence-electron chi connectivity index (χ0n) is 9.21. The van der Waals surface area contributed by atoms with E-state index in [4.69, 9.17) is 9.52 Å². The van der Waals surface area contributed by atoms with Crippen LogP contribution in [0, 0.1) is 5.92 Å². The number of aromatic carboxylic acids is 1. The molecule has 0 bridgehead atoms. The molecule has 0 aromatic carbocycles. The van der Waals surface area contributed by atoms with Crippen LogP contribution in [0.4, 0.5) is 0 Å². The van der Waals surface area contributed by atoms with Gasteiger partial charge in [-0.2, -0.15) is 0 Å². The Morgan fingerprint density at radius 1 is 1.59 bits per heavy atom. The van der Waals surface area contributed by atoms with E-state index in [-0.39, 0.29) is 16.9 Å². The molecule has 1 aromatic rings. The fourth-order valence-electron chi connectivity index (χ4n) is 1.68. The van der Waals surface area contributed by atoms with Gasteiger partial charge in [-0.15, -0.1) is 0 Å². The van der Waals surface area contributed by atoms with Crippen molar-refractivity contribution >= 4 is 16.0 Å². The first-order valence-corrected chi connectivity index (χ1v) is 6.78. The Bertz CT molecular complexity index is 533. The van der Waals surface area contributed by atoms with Crippen LogP contribution in [-0.4, -0.2) is 25.5 Å². The van der Waals surface area contributed by atoms with Gasteiger partial charge in [0.25, 0.3) is 10.0 Å². The third-order valence-electron chi connectivity index (χ3n) is 2.81. The maximum atomic E-state index is 11.8. The molecule has 1 aromatic heterocycles. The normalized spacial score (nSPS) is 23.6. The lowest BCUT2D eigenvalue weighted by Crippen LogP contribution is -2.26. The van der Waals surface area contributed by atoms with Crippen molar-refractivity contribution < 1.29 is 22.7 Å². The highest BCUT2D eigenvalue weighted by Crippen LogP contribution is 2.34. The van der Waals surface area contributed by atoms with Crippen molar-refractivity contribution in [2.75, 3.05) is 0 Å². The lowest BCUT2D eigenvalue weighted by Gasteiger charge is -2.02. The Kier molecular flexibility index (Phi) is 2.96. The molecule has 1 saturated carbocycles. The SMILES string of the molecule is CCC1CC1NS(=O)(=O)c1ccc(C(=O)O)o1. The van der Waals surface area contributed by atoms with Gasteiger partial charge in [-0.05, 0) is 24.5 Å². The van der Waals surface area contributed by atoms with Gasteiger partial charge < -0.3 is 9.52 Å². The van der Waals surface area contributed by atoms with Gasteiger partial charge in [-0.25, -0.2) is 17.9 Å². The molecule has 0 spiro atoms. The van der Waals surface area contributed by atoms with E-state index in [0.717, 1.165) is 25.0 Å². The minimum absolute atomic E-state index is 0.0524. The average Bonchev–Trinajstić information content (AvgIpc) is 2.80. The highest BCUT2D eigenvalue weighted by molar-refractivity contribution is 7.89. The largest absolute Gasteiger partial charge is 0.475 e. The quantitative estimate of drug-likeness (QED) is 0.824. The molecule has 2 N–H and O–H groups in total. The van der Waals surface area contributed by atoms with E-state index in [1.54, 1.807) is 0 Å². The molecule has 2 rings (SSSR count). The zero-order chi connectivity index (χ0) is 12.6. The molecule has 94 valence electrons. The summed E-state index contributed by atoms with van der Waals surface area (Å²) < 4.78 is 30.8. The number of hydrogen-bond donors (Lipinski definition) is 2. The van der Waals surface area contributed by atoms with E-state index in [0.29, 0.717) is 5.92 Å². The first-order valence-electron chi connectivity index (χ1n) is 5.29. The number of hydrogen-bond acceptors (Lipinski definition) is 4. The van der Waals surface area contributed by atoms with Crippen molar-refractivity contribution in [3.63, 3.8) is 0 Å². The number of carbonyl (C=O) groups is 1. The number of furan rings is 1. The number of sulfonamides is 1. The summed E-state index contributed by atoms with van der Waals surface area (Å²) in [6.07, 6.45) is 1.74. The molecule has 17 heavy (non-hydrogen) atoms. The van der Waals surface area contributed by atoms with Gasteiger partial charge >= 0.3 is 5.97 Å². The van der Waals surface area contributed by atoms with Gasteiger partial charge in [0, 0.05) is 6.04 Å². The minimum Gasteiger partial charge on any atom is -0.475 e. The molecule has 1 aliphatic carbocycles. The van der Waals surface area contributed by atoms with Crippen LogP contribution in [0.1, 0.15) is 30.3 Å². The topological polar surface area (TPSA) is 96.6 Å². The van der Waals surface area contributed by atoms with Crippen LogP contribution in [0.15, 0.2) is 21.6 Å². The molecule has 7 heteroatoms. The summed E-state index contributed by atoms with van der Waals surface area (Å²) >= 11 is 0. The maximum Gasteiger partial charge on any atom is 0.371 e. The second-order valence-electron chi connectivity index (χ2n) is 4.06. The van der Waals surface area contributed by atoms with Crippen LogP contribution in [0.3, 0.4) is 0 Å². The highest BCUT2D eigenvalue weighted by Gasteiger charge is 2.39. The first-order chi connectivity index (χ1) is 7.94. The summed E-state index contributed by atoms with van der Waals surface area (Å²) in [4.78, 5) is 10.6. The fraction of sp³-hybridized carbons (Fsp3) is 0.500. The molecule has 1 aliphatic rings. The number of carboxylic acid groups (broad SMARTS) is 1. The van der Waals surface area contributed by atoms with Crippen molar-refractivity contribution in [1.82, 2.24) is 4.72 Å². The minimum atomic E-state index is -3.73. The predicted octanol–water partition coefficient (Wildman–Crippen LogP) is 1.05. The fourth-order valence-corrected chi connectivity index (χ4v) is 2.93. The maximum absolute atomic E-state index is 11.8. The predicted molar refractivity (Wildman–Crippen MR) is 58.2 cm³/mol. The van der Waals surface area contributed by atoms with Gasteiger partial charge in [0.05, 0.1) is 0 Å². The third kappa shape index (κ3) is 2.50. The molecule has 0 aliphatic heterocycles. The summed E-state index contributed by atoms with van der Waals surface area (Å²) in [6.45, 7) is 1.99. The second-order valence-corrected chi connectivity index (χ2v) is 5.70. The lowest BCUT2D eigenvalue weighted by molar-refractivity contribution is 0.0656. The summed E-state index contributed by atoms with van der Waals surface area (Å²) in [7, 11) is -3.73. The van der Waals surface area contributed by atoms with Crippen LogP contribution < -0.4 is 4.72 Å². The Labute approximate surface area is 98.7 Å². The van der Waals surface area contributed by atoms with Crippen LogP contribution in [0.5, 0.6) is 0 Å². The Morgan fingerprint density at radius 3 is 2.76 bits per heavy atom. The number of nitrogens with one attached hydrogen (secondary N) is 1. The zero-order valence-corrected chi connectivity index (χ0v) is 10.0. The van der Waals surface area contributed by atoms with Gasteiger partial charge in [0.1, 0.15) is 0 Å². The number of rotatable bonds is 5. The van der Waals surface area contributed by atoms with Crippen LogP contribution in [0.25, 0.3) is 0 Å². The Balaban J connectivity index is 2.12. The highest BCUT2D eigenvalue weighted by atomic mass is 32.2.